The Morgan fingerprint density at radius 1 is 1.13 bits per heavy atom. The van der Waals surface area contributed by atoms with E-state index in [4.69, 9.17) is 18.9 Å². The Morgan fingerprint density at radius 3 is 2.26 bits per heavy atom. The van der Waals surface area contributed by atoms with Gasteiger partial charge in [-0.05, 0) is 26.0 Å². The van der Waals surface area contributed by atoms with Crippen LogP contribution in [-0.4, -0.2) is 43.1 Å². The Kier molecular flexibility index (Phi) is 5.52. The summed E-state index contributed by atoms with van der Waals surface area (Å²) in [5.74, 6) is -1.83. The molecule has 0 N–H and O–H groups in total. The van der Waals surface area contributed by atoms with Crippen LogP contribution in [0, 0.1) is 0 Å². The van der Waals surface area contributed by atoms with E-state index in [2.05, 4.69) is 6.58 Å². The summed E-state index contributed by atoms with van der Waals surface area (Å²) >= 11 is 0. The van der Waals surface area contributed by atoms with Gasteiger partial charge in [0, 0.05) is 6.08 Å². The molecule has 0 bridgehead atoms. The number of ether oxygens (including phenoxy) is 4. The van der Waals surface area contributed by atoms with Crippen LogP contribution in [0.1, 0.15) is 24.2 Å². The van der Waals surface area contributed by atoms with Crippen molar-refractivity contribution in [2.45, 2.75) is 31.8 Å². The molecule has 0 unspecified atom stereocenters. The average Bonchev–Trinajstić information content (AvgIpc) is 2.85. The minimum absolute atomic E-state index is 0.00182. The molecule has 1 fully saturated rings. The minimum Gasteiger partial charge on any atom is -0.460 e. The molecule has 0 aromatic heterocycles. The van der Waals surface area contributed by atoms with E-state index in [9.17, 15) is 9.59 Å². The Morgan fingerprint density at radius 2 is 1.70 bits per heavy atom. The Labute approximate surface area is 135 Å². The third-order valence-corrected chi connectivity index (χ3v) is 3.23. The van der Waals surface area contributed by atoms with E-state index in [1.54, 1.807) is 38.1 Å². The highest BCUT2D eigenvalue weighted by molar-refractivity contribution is 5.89. The number of benzene rings is 1. The number of carbonyl (C=O) groups is 2. The molecule has 1 saturated heterocycles. The zero-order chi connectivity index (χ0) is 16.9. The van der Waals surface area contributed by atoms with Gasteiger partial charge < -0.3 is 18.9 Å². The summed E-state index contributed by atoms with van der Waals surface area (Å²) < 4.78 is 21.6. The maximum Gasteiger partial charge on any atom is 0.338 e. The third kappa shape index (κ3) is 4.91. The van der Waals surface area contributed by atoms with Gasteiger partial charge in [0.1, 0.15) is 25.4 Å². The molecule has 0 amide bonds. The highest BCUT2D eigenvalue weighted by Crippen LogP contribution is 2.28. The van der Waals surface area contributed by atoms with Crippen LogP contribution >= 0.6 is 0 Å². The second-order valence-electron chi connectivity index (χ2n) is 5.51. The molecular weight excluding hydrogens is 300 g/mol. The van der Waals surface area contributed by atoms with E-state index in [0.717, 1.165) is 6.08 Å². The maximum absolute atomic E-state index is 12.0. The lowest BCUT2D eigenvalue weighted by Crippen LogP contribution is -2.33. The van der Waals surface area contributed by atoms with Crippen molar-refractivity contribution >= 4 is 11.9 Å². The van der Waals surface area contributed by atoms with Crippen molar-refractivity contribution in [1.82, 2.24) is 0 Å². The Hall–Kier alpha value is -2.18. The minimum atomic E-state index is -0.838. The molecule has 124 valence electrons. The van der Waals surface area contributed by atoms with E-state index in [1.807, 2.05) is 6.07 Å². The predicted molar refractivity (Wildman–Crippen MR) is 81.7 cm³/mol. The number of esters is 2. The molecule has 6 nitrogen and oxygen atoms in total. The van der Waals surface area contributed by atoms with Crippen LogP contribution in [-0.2, 0) is 23.7 Å². The monoisotopic (exact) mass is 320 g/mol. The summed E-state index contributed by atoms with van der Waals surface area (Å²) in [7, 11) is 0. The van der Waals surface area contributed by atoms with E-state index in [0.29, 0.717) is 5.56 Å². The maximum atomic E-state index is 12.0. The van der Waals surface area contributed by atoms with Crippen LogP contribution in [0.2, 0.25) is 0 Å². The van der Waals surface area contributed by atoms with Crippen LogP contribution in [0.5, 0.6) is 0 Å². The van der Waals surface area contributed by atoms with Gasteiger partial charge >= 0.3 is 11.9 Å². The fourth-order valence-corrected chi connectivity index (χ4v) is 2.23. The summed E-state index contributed by atoms with van der Waals surface area (Å²) in [5, 5.41) is 0. The summed E-state index contributed by atoms with van der Waals surface area (Å²) in [6.45, 7) is 6.83. The van der Waals surface area contributed by atoms with Gasteiger partial charge in [-0.2, -0.15) is 0 Å². The molecule has 2 rings (SSSR count). The highest BCUT2D eigenvalue weighted by atomic mass is 16.8. The van der Waals surface area contributed by atoms with Crippen molar-refractivity contribution in [2.24, 2.45) is 0 Å². The van der Waals surface area contributed by atoms with Gasteiger partial charge in [0.2, 0.25) is 0 Å². The van der Waals surface area contributed by atoms with Crippen LogP contribution in [0.4, 0.5) is 0 Å². The van der Waals surface area contributed by atoms with Gasteiger partial charge in [0.25, 0.3) is 0 Å². The standard InChI is InChI=1S/C17H20O6/c1-4-15(18)20-10-13-14(23-17(2,3)22-13)11-21-16(19)12-8-6-5-7-9-12/h4-9,13-14H,1,10-11H2,2-3H3/t13-,14-/m0/s1. The van der Waals surface area contributed by atoms with E-state index < -0.39 is 29.9 Å². The van der Waals surface area contributed by atoms with Crippen molar-refractivity contribution in [3.63, 3.8) is 0 Å². The fraction of sp³-hybridized carbons (Fsp3) is 0.412. The molecule has 1 aromatic carbocycles. The van der Waals surface area contributed by atoms with E-state index >= 15 is 0 Å². The summed E-state index contributed by atoms with van der Waals surface area (Å²) in [6, 6.07) is 8.67. The molecule has 1 aliphatic rings. The van der Waals surface area contributed by atoms with Gasteiger partial charge in [0.15, 0.2) is 5.79 Å². The molecule has 6 heteroatoms. The smallest absolute Gasteiger partial charge is 0.338 e. The third-order valence-electron chi connectivity index (χ3n) is 3.23. The normalized spacial score (nSPS) is 22.3. The summed E-state index contributed by atoms with van der Waals surface area (Å²) in [4.78, 5) is 23.1. The molecule has 1 heterocycles. The summed E-state index contributed by atoms with van der Waals surface area (Å²) in [6.07, 6.45) is 0.0403. The van der Waals surface area contributed by atoms with E-state index in [-0.39, 0.29) is 13.2 Å². The van der Waals surface area contributed by atoms with Gasteiger partial charge in [-0.25, -0.2) is 9.59 Å². The van der Waals surface area contributed by atoms with Gasteiger partial charge in [-0.15, -0.1) is 0 Å². The molecule has 2 atom stereocenters. The van der Waals surface area contributed by atoms with Crippen LogP contribution in [0.3, 0.4) is 0 Å². The number of hydrogen-bond acceptors (Lipinski definition) is 6. The van der Waals surface area contributed by atoms with Crippen molar-refractivity contribution in [1.29, 1.82) is 0 Å². The summed E-state index contributed by atoms with van der Waals surface area (Å²) in [5.41, 5.74) is 0.459. The number of carbonyl (C=O) groups excluding carboxylic acids is 2. The first-order valence-corrected chi connectivity index (χ1v) is 7.28. The Balaban J connectivity index is 1.91. The van der Waals surface area contributed by atoms with Crippen LogP contribution in [0.25, 0.3) is 0 Å². The molecular formula is C17H20O6. The van der Waals surface area contributed by atoms with Crippen LogP contribution in [0.15, 0.2) is 43.0 Å². The highest BCUT2D eigenvalue weighted by Gasteiger charge is 2.42. The first-order chi connectivity index (χ1) is 10.9. The zero-order valence-corrected chi connectivity index (χ0v) is 13.2. The van der Waals surface area contributed by atoms with Crippen molar-refractivity contribution in [3.05, 3.63) is 48.6 Å². The topological polar surface area (TPSA) is 71.1 Å². The first kappa shape index (κ1) is 17.2. The van der Waals surface area contributed by atoms with Crippen LogP contribution < -0.4 is 0 Å². The predicted octanol–water partition coefficient (Wildman–Crippen LogP) is 2.09. The fourth-order valence-electron chi connectivity index (χ4n) is 2.23. The lowest BCUT2D eigenvalue weighted by molar-refractivity contribution is -0.158. The molecule has 23 heavy (non-hydrogen) atoms. The average molecular weight is 320 g/mol. The zero-order valence-electron chi connectivity index (χ0n) is 13.2. The first-order valence-electron chi connectivity index (χ1n) is 7.28. The van der Waals surface area contributed by atoms with Crippen molar-refractivity contribution in [3.8, 4) is 0 Å². The largest absolute Gasteiger partial charge is 0.460 e. The molecule has 0 saturated carbocycles. The number of hydrogen-bond donors (Lipinski definition) is 0. The SMILES string of the molecule is C=CC(=O)OC[C@@H]1OC(C)(C)O[C@H]1COC(=O)c1ccccc1. The lowest BCUT2D eigenvalue weighted by atomic mass is 10.2. The van der Waals surface area contributed by atoms with Crippen molar-refractivity contribution in [2.75, 3.05) is 13.2 Å². The second kappa shape index (κ2) is 7.39. The van der Waals surface area contributed by atoms with Crippen molar-refractivity contribution < 1.29 is 28.5 Å². The molecule has 0 radical (unpaired) electrons. The molecule has 1 aromatic rings. The lowest BCUT2D eigenvalue weighted by Gasteiger charge is -2.16. The van der Waals surface area contributed by atoms with Gasteiger partial charge in [-0.1, -0.05) is 24.8 Å². The molecule has 0 spiro atoms. The van der Waals surface area contributed by atoms with E-state index in [1.165, 1.54) is 0 Å². The quantitative estimate of drug-likeness (QED) is 0.590. The van der Waals surface area contributed by atoms with Gasteiger partial charge in [0.05, 0.1) is 5.56 Å². The molecule has 1 aliphatic heterocycles. The Bertz CT molecular complexity index is 566. The van der Waals surface area contributed by atoms with Gasteiger partial charge in [-0.3, -0.25) is 0 Å². The number of rotatable bonds is 6. The molecule has 0 aliphatic carbocycles. The second-order valence-corrected chi connectivity index (χ2v) is 5.51.